The van der Waals surface area contributed by atoms with Gasteiger partial charge in [0.15, 0.2) is 0 Å². The van der Waals surface area contributed by atoms with Crippen LogP contribution in [0.2, 0.25) is 0 Å². The van der Waals surface area contributed by atoms with Crippen LogP contribution in [0.25, 0.3) is 0 Å². The maximum atomic E-state index is 12.0. The van der Waals surface area contributed by atoms with Gasteiger partial charge in [0.2, 0.25) is 0 Å². The first-order valence-corrected chi connectivity index (χ1v) is 9.44. The summed E-state index contributed by atoms with van der Waals surface area (Å²) in [6.45, 7) is 14.4. The molecule has 120 valence electrons. The maximum absolute atomic E-state index is 12.0. The van der Waals surface area contributed by atoms with Gasteiger partial charge in [-0.25, -0.2) is 0 Å². The predicted molar refractivity (Wildman–Crippen MR) is 86.8 cm³/mol. The summed E-state index contributed by atoms with van der Waals surface area (Å²) in [5.41, 5.74) is 0.373. The minimum Gasteiger partial charge on any atom is -0.389 e. The number of rotatable bonds is 3. The summed E-state index contributed by atoms with van der Waals surface area (Å²) < 4.78 is 0. The SMILES string of the molecule is CC1CC(C2(O)CC(C)C3CC32C(C)C)C2(C(C)C)CC12. The maximum Gasteiger partial charge on any atom is 0.0745 e. The zero-order chi connectivity index (χ0) is 15.4. The van der Waals surface area contributed by atoms with Crippen LogP contribution in [-0.4, -0.2) is 10.7 Å². The molecular formula is C20H34O. The Morgan fingerprint density at radius 1 is 0.857 bits per heavy atom. The van der Waals surface area contributed by atoms with Crippen molar-refractivity contribution in [2.24, 2.45) is 52.3 Å². The largest absolute Gasteiger partial charge is 0.389 e. The summed E-state index contributed by atoms with van der Waals surface area (Å²) in [6.07, 6.45) is 5.06. The second kappa shape index (κ2) is 3.89. The van der Waals surface area contributed by atoms with E-state index in [4.69, 9.17) is 0 Å². The van der Waals surface area contributed by atoms with Crippen LogP contribution in [0.3, 0.4) is 0 Å². The Kier molecular flexibility index (Phi) is 2.69. The van der Waals surface area contributed by atoms with E-state index in [-0.39, 0.29) is 11.0 Å². The molecule has 0 aliphatic heterocycles. The van der Waals surface area contributed by atoms with Crippen molar-refractivity contribution >= 4 is 0 Å². The number of hydrogen-bond acceptors (Lipinski definition) is 1. The third-order valence-corrected chi connectivity index (χ3v) is 8.91. The fourth-order valence-corrected chi connectivity index (χ4v) is 7.88. The standard InChI is InChI=1S/C20H34O/c1-11(2)18-9-15(18)13(5)7-17(18)20(21)8-14(6)16-10-19(16,20)12(3)4/h11-17,21H,7-10H2,1-6H3. The van der Waals surface area contributed by atoms with Crippen molar-refractivity contribution in [3.8, 4) is 0 Å². The lowest BCUT2D eigenvalue weighted by Crippen LogP contribution is -2.51. The molecule has 4 aliphatic carbocycles. The lowest BCUT2D eigenvalue weighted by molar-refractivity contribution is -0.119. The quantitative estimate of drug-likeness (QED) is 0.796. The Balaban J connectivity index is 1.76. The van der Waals surface area contributed by atoms with Crippen molar-refractivity contribution in [2.45, 2.75) is 72.8 Å². The lowest BCUT2D eigenvalue weighted by Gasteiger charge is -2.46. The van der Waals surface area contributed by atoms with Crippen LogP contribution in [0.5, 0.6) is 0 Å². The summed E-state index contributed by atoms with van der Waals surface area (Å²) in [4.78, 5) is 0. The van der Waals surface area contributed by atoms with Gasteiger partial charge in [0.05, 0.1) is 5.60 Å². The van der Waals surface area contributed by atoms with Crippen molar-refractivity contribution < 1.29 is 5.11 Å². The molecule has 0 heterocycles. The molecule has 0 radical (unpaired) electrons. The van der Waals surface area contributed by atoms with Crippen LogP contribution in [0, 0.1) is 52.3 Å². The predicted octanol–water partition coefficient (Wildman–Crippen LogP) is 4.74. The molecule has 4 aliphatic rings. The Morgan fingerprint density at radius 2 is 1.52 bits per heavy atom. The molecule has 0 aromatic rings. The average Bonchev–Trinajstić information content (AvgIpc) is 3.25. The molecule has 0 aromatic carbocycles. The van der Waals surface area contributed by atoms with E-state index in [2.05, 4.69) is 41.5 Å². The van der Waals surface area contributed by atoms with Gasteiger partial charge in [0.25, 0.3) is 0 Å². The van der Waals surface area contributed by atoms with Gasteiger partial charge < -0.3 is 5.11 Å². The van der Waals surface area contributed by atoms with Crippen molar-refractivity contribution in [3.63, 3.8) is 0 Å². The van der Waals surface area contributed by atoms with Crippen LogP contribution in [0.4, 0.5) is 0 Å². The molecule has 4 saturated carbocycles. The Bertz CT molecular complexity index is 468. The van der Waals surface area contributed by atoms with Crippen LogP contribution in [0.15, 0.2) is 0 Å². The second-order valence-electron chi connectivity index (χ2n) is 9.95. The summed E-state index contributed by atoms with van der Waals surface area (Å²) in [5.74, 6) is 5.22. The van der Waals surface area contributed by atoms with Crippen molar-refractivity contribution in [3.05, 3.63) is 0 Å². The summed E-state index contributed by atoms with van der Waals surface area (Å²) in [5, 5.41) is 12.0. The highest BCUT2D eigenvalue weighted by atomic mass is 16.3. The smallest absolute Gasteiger partial charge is 0.0745 e. The molecule has 8 unspecified atom stereocenters. The zero-order valence-electron chi connectivity index (χ0n) is 14.8. The molecule has 0 bridgehead atoms. The van der Waals surface area contributed by atoms with E-state index >= 15 is 0 Å². The van der Waals surface area contributed by atoms with Gasteiger partial charge in [-0.05, 0) is 72.5 Å². The fourth-order valence-electron chi connectivity index (χ4n) is 7.88. The summed E-state index contributed by atoms with van der Waals surface area (Å²) in [6, 6.07) is 0. The Morgan fingerprint density at radius 3 is 2.00 bits per heavy atom. The Labute approximate surface area is 130 Å². The van der Waals surface area contributed by atoms with Gasteiger partial charge in [0, 0.05) is 5.41 Å². The molecule has 0 saturated heterocycles. The molecule has 21 heavy (non-hydrogen) atoms. The molecule has 4 rings (SSSR count). The van der Waals surface area contributed by atoms with Gasteiger partial charge in [-0.15, -0.1) is 0 Å². The fraction of sp³-hybridized carbons (Fsp3) is 1.00. The first-order valence-electron chi connectivity index (χ1n) is 9.44. The lowest BCUT2D eigenvalue weighted by atomic mass is 9.62. The highest BCUT2D eigenvalue weighted by Crippen LogP contribution is 2.82. The number of fused-ring (bicyclic) bond motifs is 2. The normalized spacial score (nSPS) is 61.3. The first-order chi connectivity index (χ1) is 9.71. The monoisotopic (exact) mass is 290 g/mol. The number of hydrogen-bond donors (Lipinski definition) is 1. The van der Waals surface area contributed by atoms with E-state index in [1.165, 1.54) is 19.3 Å². The molecule has 1 heteroatoms. The van der Waals surface area contributed by atoms with Crippen molar-refractivity contribution in [1.82, 2.24) is 0 Å². The minimum atomic E-state index is -0.366. The third kappa shape index (κ3) is 1.39. The second-order valence-corrected chi connectivity index (χ2v) is 9.95. The molecule has 8 atom stereocenters. The van der Waals surface area contributed by atoms with Crippen molar-refractivity contribution in [1.29, 1.82) is 0 Å². The molecule has 1 N–H and O–H groups in total. The molecule has 0 amide bonds. The van der Waals surface area contributed by atoms with Gasteiger partial charge in [-0.1, -0.05) is 41.5 Å². The average molecular weight is 290 g/mol. The van der Waals surface area contributed by atoms with Crippen LogP contribution >= 0.6 is 0 Å². The third-order valence-electron chi connectivity index (χ3n) is 8.91. The first kappa shape index (κ1) is 14.5. The molecular weight excluding hydrogens is 256 g/mol. The summed E-state index contributed by atoms with van der Waals surface area (Å²) in [7, 11) is 0. The van der Waals surface area contributed by atoms with E-state index in [1.807, 2.05) is 0 Å². The van der Waals surface area contributed by atoms with Crippen LogP contribution in [0.1, 0.15) is 67.2 Å². The number of aliphatic hydroxyl groups is 1. The van der Waals surface area contributed by atoms with Gasteiger partial charge in [-0.2, -0.15) is 0 Å². The highest BCUT2D eigenvalue weighted by Gasteiger charge is 2.81. The van der Waals surface area contributed by atoms with E-state index in [1.54, 1.807) is 0 Å². The van der Waals surface area contributed by atoms with E-state index in [0.29, 0.717) is 17.3 Å². The van der Waals surface area contributed by atoms with Crippen molar-refractivity contribution in [2.75, 3.05) is 0 Å². The van der Waals surface area contributed by atoms with E-state index < -0.39 is 0 Å². The molecule has 0 aromatic heterocycles. The van der Waals surface area contributed by atoms with Gasteiger partial charge in [-0.3, -0.25) is 0 Å². The van der Waals surface area contributed by atoms with Crippen LogP contribution in [-0.2, 0) is 0 Å². The topological polar surface area (TPSA) is 20.2 Å². The van der Waals surface area contributed by atoms with Gasteiger partial charge in [0.1, 0.15) is 0 Å². The molecule has 4 fully saturated rings. The van der Waals surface area contributed by atoms with Gasteiger partial charge >= 0.3 is 0 Å². The van der Waals surface area contributed by atoms with E-state index in [9.17, 15) is 5.11 Å². The van der Waals surface area contributed by atoms with E-state index in [0.717, 1.165) is 36.0 Å². The zero-order valence-corrected chi connectivity index (χ0v) is 14.8. The molecule has 0 spiro atoms. The molecule has 1 nitrogen and oxygen atoms in total. The summed E-state index contributed by atoms with van der Waals surface area (Å²) >= 11 is 0. The highest BCUT2D eigenvalue weighted by molar-refractivity contribution is 5.30. The van der Waals surface area contributed by atoms with Crippen LogP contribution < -0.4 is 0 Å². The minimum absolute atomic E-state index is 0.260. The Hall–Kier alpha value is -0.0400.